The van der Waals surface area contributed by atoms with Crippen LogP contribution in [0.5, 0.6) is 0 Å². The van der Waals surface area contributed by atoms with Crippen molar-refractivity contribution >= 4 is 10.9 Å². The van der Waals surface area contributed by atoms with Crippen molar-refractivity contribution in [2.45, 2.75) is 0 Å². The van der Waals surface area contributed by atoms with Crippen LogP contribution in [0.4, 0.5) is 4.39 Å². The fraction of sp³-hybridized carbons (Fsp3) is 0. The molecule has 3 heteroatoms. The summed E-state index contributed by atoms with van der Waals surface area (Å²) in [6.45, 7) is 0. The summed E-state index contributed by atoms with van der Waals surface area (Å²) < 4.78 is 13.1. The minimum atomic E-state index is -0.242. The van der Waals surface area contributed by atoms with Crippen LogP contribution in [0.15, 0.2) is 72.8 Å². The highest BCUT2D eigenvalue weighted by Crippen LogP contribution is 2.30. The molecule has 0 saturated heterocycles. The predicted molar refractivity (Wildman–Crippen MR) is 86.9 cm³/mol. The van der Waals surface area contributed by atoms with Gasteiger partial charge in [0, 0.05) is 10.9 Å². The Kier molecular flexibility index (Phi) is 2.97. The second-order valence-corrected chi connectivity index (χ2v) is 5.21. The number of halogens is 1. The highest BCUT2D eigenvalue weighted by molar-refractivity contribution is 5.95. The van der Waals surface area contributed by atoms with E-state index >= 15 is 0 Å². The lowest BCUT2D eigenvalue weighted by Gasteiger charge is -2.03. The van der Waals surface area contributed by atoms with E-state index in [0.29, 0.717) is 0 Å². The fourth-order valence-corrected chi connectivity index (χ4v) is 2.65. The molecule has 0 unspecified atom stereocenters. The van der Waals surface area contributed by atoms with E-state index < -0.39 is 0 Å². The van der Waals surface area contributed by atoms with E-state index in [0.717, 1.165) is 33.3 Å². The number of H-pyrrole nitrogens is 1. The van der Waals surface area contributed by atoms with Crippen molar-refractivity contribution in [3.8, 4) is 22.4 Å². The van der Waals surface area contributed by atoms with Gasteiger partial charge in [0.1, 0.15) is 5.82 Å². The molecule has 4 rings (SSSR count). The summed E-state index contributed by atoms with van der Waals surface area (Å²) in [7, 11) is 0. The third kappa shape index (κ3) is 2.17. The Morgan fingerprint density at radius 3 is 2.23 bits per heavy atom. The smallest absolute Gasteiger partial charge is 0.123 e. The molecule has 106 valence electrons. The summed E-state index contributed by atoms with van der Waals surface area (Å²) in [6, 6.07) is 22.8. The van der Waals surface area contributed by atoms with E-state index in [1.165, 1.54) is 12.1 Å². The van der Waals surface area contributed by atoms with E-state index in [1.54, 1.807) is 12.1 Å². The first-order valence-corrected chi connectivity index (χ1v) is 7.11. The minimum Gasteiger partial charge on any atom is -0.277 e. The Labute approximate surface area is 127 Å². The Balaban J connectivity index is 1.88. The maximum Gasteiger partial charge on any atom is 0.123 e. The second-order valence-electron chi connectivity index (χ2n) is 5.21. The van der Waals surface area contributed by atoms with Crippen molar-refractivity contribution in [2.75, 3.05) is 0 Å². The maximum atomic E-state index is 13.1. The van der Waals surface area contributed by atoms with Gasteiger partial charge in [0.05, 0.1) is 11.2 Å². The number of nitrogens with zero attached hydrogens (tertiary/aromatic N) is 1. The summed E-state index contributed by atoms with van der Waals surface area (Å²) >= 11 is 0. The first kappa shape index (κ1) is 12.8. The Hall–Kier alpha value is -2.94. The Morgan fingerprint density at radius 1 is 0.727 bits per heavy atom. The quantitative estimate of drug-likeness (QED) is 0.550. The molecule has 3 aromatic carbocycles. The first-order chi connectivity index (χ1) is 10.8. The van der Waals surface area contributed by atoms with Gasteiger partial charge < -0.3 is 0 Å². The van der Waals surface area contributed by atoms with Crippen LogP contribution in [0.3, 0.4) is 0 Å². The second kappa shape index (κ2) is 5.11. The van der Waals surface area contributed by atoms with Gasteiger partial charge in [-0.3, -0.25) is 5.10 Å². The van der Waals surface area contributed by atoms with Crippen molar-refractivity contribution in [1.82, 2.24) is 10.2 Å². The third-order valence-electron chi connectivity index (χ3n) is 3.79. The molecule has 2 nitrogen and oxygen atoms in total. The van der Waals surface area contributed by atoms with Crippen LogP contribution in [0.2, 0.25) is 0 Å². The molecule has 1 aromatic heterocycles. The summed E-state index contributed by atoms with van der Waals surface area (Å²) in [6.07, 6.45) is 0. The molecule has 0 aliphatic carbocycles. The van der Waals surface area contributed by atoms with E-state index in [2.05, 4.69) is 34.5 Å². The van der Waals surface area contributed by atoms with Crippen LogP contribution in [-0.2, 0) is 0 Å². The molecular weight excluding hydrogens is 275 g/mol. The molecular formula is C19H13FN2. The van der Waals surface area contributed by atoms with E-state index in [1.807, 2.05) is 24.3 Å². The number of aromatic nitrogens is 2. The van der Waals surface area contributed by atoms with Gasteiger partial charge in [-0.25, -0.2) is 4.39 Å². The van der Waals surface area contributed by atoms with Gasteiger partial charge in [0.25, 0.3) is 0 Å². The lowest BCUT2D eigenvalue weighted by atomic mass is 10.0. The summed E-state index contributed by atoms with van der Waals surface area (Å²) in [4.78, 5) is 0. The average molecular weight is 288 g/mol. The molecule has 4 aromatic rings. The maximum absolute atomic E-state index is 13.1. The Bertz CT molecular complexity index is 925. The number of hydrogen-bond donors (Lipinski definition) is 1. The minimum absolute atomic E-state index is 0.242. The van der Waals surface area contributed by atoms with Crippen LogP contribution in [0, 0.1) is 5.82 Å². The van der Waals surface area contributed by atoms with Gasteiger partial charge in [0.15, 0.2) is 0 Å². The van der Waals surface area contributed by atoms with Gasteiger partial charge >= 0.3 is 0 Å². The molecule has 0 fully saturated rings. The van der Waals surface area contributed by atoms with Crippen molar-refractivity contribution in [1.29, 1.82) is 0 Å². The van der Waals surface area contributed by atoms with E-state index in [4.69, 9.17) is 0 Å². The van der Waals surface area contributed by atoms with Gasteiger partial charge in [-0.15, -0.1) is 0 Å². The predicted octanol–water partition coefficient (Wildman–Crippen LogP) is 5.04. The largest absolute Gasteiger partial charge is 0.277 e. The van der Waals surface area contributed by atoms with Crippen LogP contribution in [0.1, 0.15) is 0 Å². The first-order valence-electron chi connectivity index (χ1n) is 7.11. The van der Waals surface area contributed by atoms with Crippen molar-refractivity contribution in [2.24, 2.45) is 0 Å². The average Bonchev–Trinajstić information content (AvgIpc) is 2.99. The lowest BCUT2D eigenvalue weighted by Crippen LogP contribution is -1.81. The lowest BCUT2D eigenvalue weighted by molar-refractivity contribution is 0.628. The third-order valence-corrected chi connectivity index (χ3v) is 3.79. The van der Waals surface area contributed by atoms with Gasteiger partial charge in [0.2, 0.25) is 0 Å². The molecule has 0 saturated carbocycles. The number of aromatic amines is 1. The number of nitrogens with one attached hydrogen (secondary N) is 1. The molecule has 0 spiro atoms. The van der Waals surface area contributed by atoms with Crippen molar-refractivity contribution in [3.05, 3.63) is 78.6 Å². The molecule has 1 N–H and O–H groups in total. The zero-order valence-electron chi connectivity index (χ0n) is 11.8. The van der Waals surface area contributed by atoms with Crippen LogP contribution >= 0.6 is 0 Å². The summed E-state index contributed by atoms with van der Waals surface area (Å²) in [5, 5.41) is 8.45. The highest BCUT2D eigenvalue weighted by Gasteiger charge is 2.09. The van der Waals surface area contributed by atoms with Crippen LogP contribution < -0.4 is 0 Å². The Morgan fingerprint density at radius 2 is 1.45 bits per heavy atom. The van der Waals surface area contributed by atoms with Gasteiger partial charge in [-0.1, -0.05) is 36.4 Å². The molecule has 1 heterocycles. The monoisotopic (exact) mass is 288 g/mol. The van der Waals surface area contributed by atoms with E-state index in [-0.39, 0.29) is 5.82 Å². The topological polar surface area (TPSA) is 28.7 Å². The summed E-state index contributed by atoms with van der Waals surface area (Å²) in [5.74, 6) is -0.242. The highest BCUT2D eigenvalue weighted by atomic mass is 19.1. The van der Waals surface area contributed by atoms with Gasteiger partial charge in [-0.2, -0.15) is 5.10 Å². The normalized spacial score (nSPS) is 11.0. The van der Waals surface area contributed by atoms with Crippen LogP contribution in [0.25, 0.3) is 33.3 Å². The molecule has 22 heavy (non-hydrogen) atoms. The van der Waals surface area contributed by atoms with E-state index in [9.17, 15) is 4.39 Å². The standard InChI is InChI=1S/C19H13FN2/c20-16-9-6-14(7-10-16)19-17-12-15(8-11-18(17)21-22-19)13-4-2-1-3-5-13/h1-12H,(H,21,22). The zero-order chi connectivity index (χ0) is 14.9. The van der Waals surface area contributed by atoms with Crippen molar-refractivity contribution < 1.29 is 4.39 Å². The summed E-state index contributed by atoms with van der Waals surface area (Å²) in [5.41, 5.74) is 5.01. The SMILES string of the molecule is Fc1ccc(-c2n[nH]c3ccc(-c4ccccc4)cc23)cc1. The fourth-order valence-electron chi connectivity index (χ4n) is 2.65. The number of benzene rings is 3. The number of fused-ring (bicyclic) bond motifs is 1. The molecule has 0 radical (unpaired) electrons. The van der Waals surface area contributed by atoms with Gasteiger partial charge in [-0.05, 0) is 47.5 Å². The molecule has 0 atom stereocenters. The number of rotatable bonds is 2. The molecule has 0 bridgehead atoms. The van der Waals surface area contributed by atoms with Crippen molar-refractivity contribution in [3.63, 3.8) is 0 Å². The zero-order valence-corrected chi connectivity index (χ0v) is 11.8. The molecule has 0 aliphatic rings. The van der Waals surface area contributed by atoms with Crippen LogP contribution in [-0.4, -0.2) is 10.2 Å². The number of hydrogen-bond acceptors (Lipinski definition) is 1. The molecule has 0 aliphatic heterocycles. The molecule has 0 amide bonds.